The number of aryl methyl sites for hydroxylation is 1. The summed E-state index contributed by atoms with van der Waals surface area (Å²) < 4.78 is 0. The molecular formula is C7H5ClLiNO2. The van der Waals surface area contributed by atoms with Crippen molar-refractivity contribution in [2.45, 2.75) is 6.92 Å². The summed E-state index contributed by atoms with van der Waals surface area (Å²) >= 11 is 5.51. The van der Waals surface area contributed by atoms with E-state index in [0.29, 0.717) is 5.69 Å². The van der Waals surface area contributed by atoms with Gasteiger partial charge in [-0.2, -0.15) is 0 Å². The van der Waals surface area contributed by atoms with Gasteiger partial charge in [0.05, 0.1) is 11.0 Å². The molecule has 0 bridgehead atoms. The van der Waals surface area contributed by atoms with E-state index >= 15 is 0 Å². The van der Waals surface area contributed by atoms with Gasteiger partial charge in [-0.3, -0.25) is 4.98 Å². The molecule has 0 aliphatic heterocycles. The van der Waals surface area contributed by atoms with Crippen LogP contribution in [-0.4, -0.2) is 11.0 Å². The van der Waals surface area contributed by atoms with Crippen LogP contribution in [0.4, 0.5) is 0 Å². The second kappa shape index (κ2) is 4.51. The molecule has 12 heavy (non-hydrogen) atoms. The second-order valence-corrected chi connectivity index (χ2v) is 2.48. The van der Waals surface area contributed by atoms with Crippen LogP contribution in [0.1, 0.15) is 16.2 Å². The van der Waals surface area contributed by atoms with Gasteiger partial charge in [0.1, 0.15) is 5.69 Å². The Morgan fingerprint density at radius 1 is 1.58 bits per heavy atom. The van der Waals surface area contributed by atoms with Crippen molar-refractivity contribution in [3.05, 3.63) is 28.5 Å². The molecule has 0 fully saturated rings. The van der Waals surface area contributed by atoms with Gasteiger partial charge in [0.15, 0.2) is 0 Å². The predicted octanol–water partition coefficient (Wildman–Crippen LogP) is -2.59. The average Bonchev–Trinajstić information content (AvgIpc) is 1.94. The van der Waals surface area contributed by atoms with Crippen LogP contribution >= 0.6 is 11.6 Å². The second-order valence-electron chi connectivity index (χ2n) is 2.07. The topological polar surface area (TPSA) is 53.0 Å². The maximum atomic E-state index is 10.3. The Labute approximate surface area is 86.9 Å². The van der Waals surface area contributed by atoms with E-state index in [1.807, 2.05) is 0 Å². The van der Waals surface area contributed by atoms with Crippen LogP contribution in [-0.2, 0) is 0 Å². The predicted molar refractivity (Wildman–Crippen MR) is 38.3 cm³/mol. The number of carboxylic acid groups (broad SMARTS) is 1. The fourth-order valence-corrected chi connectivity index (χ4v) is 0.865. The van der Waals surface area contributed by atoms with Crippen LogP contribution in [0.15, 0.2) is 12.1 Å². The molecule has 0 spiro atoms. The number of hydrogen-bond donors (Lipinski definition) is 0. The number of rotatable bonds is 1. The first-order valence-corrected chi connectivity index (χ1v) is 3.33. The average molecular weight is 178 g/mol. The molecule has 5 heteroatoms. The van der Waals surface area contributed by atoms with Crippen LogP contribution in [0.2, 0.25) is 5.02 Å². The van der Waals surface area contributed by atoms with Gasteiger partial charge in [-0.15, -0.1) is 0 Å². The van der Waals surface area contributed by atoms with Gasteiger partial charge < -0.3 is 9.90 Å². The quantitative estimate of drug-likeness (QED) is 0.443. The molecule has 0 atom stereocenters. The fraction of sp³-hybridized carbons (Fsp3) is 0.143. The summed E-state index contributed by atoms with van der Waals surface area (Å²) in [4.78, 5) is 14.0. The molecule has 1 aromatic heterocycles. The minimum absolute atomic E-state index is 0. The molecule has 3 nitrogen and oxygen atoms in total. The molecule has 0 N–H and O–H groups in total. The van der Waals surface area contributed by atoms with E-state index in [4.69, 9.17) is 11.6 Å². The number of aromatic carboxylic acids is 1. The molecule has 0 saturated heterocycles. The third-order valence-corrected chi connectivity index (χ3v) is 1.48. The number of carbonyl (C=O) groups is 1. The van der Waals surface area contributed by atoms with E-state index in [1.54, 1.807) is 13.0 Å². The summed E-state index contributed by atoms with van der Waals surface area (Å²) in [6.07, 6.45) is 0. The molecule has 0 radical (unpaired) electrons. The van der Waals surface area contributed by atoms with E-state index in [2.05, 4.69) is 4.98 Å². The third kappa shape index (κ3) is 2.53. The molecule has 0 aliphatic carbocycles. The molecule has 0 saturated carbocycles. The molecule has 1 rings (SSSR count). The van der Waals surface area contributed by atoms with Gasteiger partial charge in [0, 0.05) is 5.69 Å². The summed E-state index contributed by atoms with van der Waals surface area (Å²) in [6, 6.07) is 3.11. The van der Waals surface area contributed by atoms with Crippen molar-refractivity contribution in [2.24, 2.45) is 0 Å². The summed E-state index contributed by atoms with van der Waals surface area (Å²) in [6.45, 7) is 1.68. The van der Waals surface area contributed by atoms with Gasteiger partial charge >= 0.3 is 18.9 Å². The van der Waals surface area contributed by atoms with Crippen LogP contribution in [0.5, 0.6) is 0 Å². The van der Waals surface area contributed by atoms with Crippen molar-refractivity contribution in [3.8, 4) is 0 Å². The molecule has 0 aromatic carbocycles. The van der Waals surface area contributed by atoms with Crippen LogP contribution in [0.3, 0.4) is 0 Å². The fourth-order valence-electron chi connectivity index (χ4n) is 0.683. The smallest absolute Gasteiger partial charge is 0.543 e. The van der Waals surface area contributed by atoms with Gasteiger partial charge in [0.25, 0.3) is 0 Å². The Morgan fingerprint density at radius 2 is 2.17 bits per heavy atom. The number of carboxylic acids is 1. The number of halogens is 1. The van der Waals surface area contributed by atoms with E-state index in [1.165, 1.54) is 6.07 Å². The largest absolute Gasteiger partial charge is 1.00 e. The Balaban J connectivity index is 0.00000121. The Kier molecular flexibility index (Phi) is 4.33. The van der Waals surface area contributed by atoms with Crippen molar-refractivity contribution < 1.29 is 28.8 Å². The van der Waals surface area contributed by atoms with Gasteiger partial charge in [0.2, 0.25) is 0 Å². The monoisotopic (exact) mass is 177 g/mol. The zero-order valence-electron chi connectivity index (χ0n) is 6.80. The van der Waals surface area contributed by atoms with E-state index < -0.39 is 5.97 Å². The van der Waals surface area contributed by atoms with E-state index in [-0.39, 0.29) is 29.6 Å². The molecular weight excluding hydrogens is 172 g/mol. The van der Waals surface area contributed by atoms with Crippen molar-refractivity contribution in [1.29, 1.82) is 0 Å². The number of aromatic nitrogens is 1. The number of pyridine rings is 1. The molecule has 58 valence electrons. The molecule has 1 heterocycles. The number of nitrogens with zero attached hydrogens (tertiary/aromatic N) is 1. The van der Waals surface area contributed by atoms with Crippen molar-refractivity contribution in [1.82, 2.24) is 4.98 Å². The Bertz CT molecular complexity index is 303. The SMILES string of the molecule is Cc1ccc(Cl)c(C(=O)[O-])n1.[Li+]. The first-order valence-electron chi connectivity index (χ1n) is 2.96. The van der Waals surface area contributed by atoms with E-state index in [9.17, 15) is 9.90 Å². The van der Waals surface area contributed by atoms with Gasteiger partial charge in [-0.1, -0.05) is 11.6 Å². The normalized spacial score (nSPS) is 8.83. The van der Waals surface area contributed by atoms with Gasteiger partial charge in [-0.05, 0) is 19.1 Å². The zero-order chi connectivity index (χ0) is 8.43. The standard InChI is InChI=1S/C7H6ClNO2.Li/c1-4-2-3-5(8)6(9-4)7(10)11;/h2-3H,1H3,(H,10,11);/q;+1/p-1. The maximum Gasteiger partial charge on any atom is 1.00 e. The number of carbonyl (C=O) groups excluding carboxylic acids is 1. The summed E-state index contributed by atoms with van der Waals surface area (Å²) in [5.74, 6) is -1.35. The van der Waals surface area contributed by atoms with Crippen molar-refractivity contribution in [3.63, 3.8) is 0 Å². The van der Waals surface area contributed by atoms with Crippen LogP contribution in [0, 0.1) is 6.92 Å². The molecule has 1 aromatic rings. The zero-order valence-corrected chi connectivity index (χ0v) is 7.55. The molecule has 0 aliphatic rings. The first kappa shape index (κ1) is 11.5. The summed E-state index contributed by atoms with van der Waals surface area (Å²) in [5, 5.41) is 10.4. The Hall–Kier alpha value is -0.493. The first-order chi connectivity index (χ1) is 5.11. The molecule has 0 amide bonds. The van der Waals surface area contributed by atoms with Crippen LogP contribution in [0.25, 0.3) is 0 Å². The summed E-state index contributed by atoms with van der Waals surface area (Å²) in [7, 11) is 0. The van der Waals surface area contributed by atoms with E-state index in [0.717, 1.165) is 0 Å². The third-order valence-electron chi connectivity index (χ3n) is 1.18. The maximum absolute atomic E-state index is 10.3. The van der Waals surface area contributed by atoms with Crippen LogP contribution < -0.4 is 24.0 Å². The van der Waals surface area contributed by atoms with Crippen molar-refractivity contribution >= 4 is 17.6 Å². The summed E-state index contributed by atoms with van der Waals surface area (Å²) in [5.41, 5.74) is 0.403. The van der Waals surface area contributed by atoms with Gasteiger partial charge in [-0.25, -0.2) is 0 Å². The van der Waals surface area contributed by atoms with Crippen molar-refractivity contribution in [2.75, 3.05) is 0 Å². The minimum atomic E-state index is -1.35. The molecule has 0 unspecified atom stereocenters. The Morgan fingerprint density at radius 3 is 2.58 bits per heavy atom. The number of hydrogen-bond acceptors (Lipinski definition) is 3. The minimum Gasteiger partial charge on any atom is -0.543 e.